The molecule has 0 amide bonds. The van der Waals surface area contributed by atoms with E-state index in [2.05, 4.69) is 38.8 Å². The van der Waals surface area contributed by atoms with E-state index in [1.807, 2.05) is 0 Å². The van der Waals surface area contributed by atoms with E-state index in [9.17, 15) is 0 Å². The summed E-state index contributed by atoms with van der Waals surface area (Å²) in [6.07, 6.45) is 0. The van der Waals surface area contributed by atoms with Crippen LogP contribution >= 0.6 is 12.4 Å². The van der Waals surface area contributed by atoms with Crippen LogP contribution < -0.4 is 0 Å². The van der Waals surface area contributed by atoms with E-state index in [4.69, 9.17) is 0 Å². The number of rotatable bonds is 3. The van der Waals surface area contributed by atoms with Crippen LogP contribution in [0.1, 0.15) is 20.8 Å². The molecule has 0 aromatic carbocycles. The minimum absolute atomic E-state index is 0. The van der Waals surface area contributed by atoms with Gasteiger partial charge in [-0.15, -0.1) is 25.6 Å². The molecule has 1 nitrogen and oxygen atoms in total. The van der Waals surface area contributed by atoms with E-state index in [0.29, 0.717) is 0 Å². The first-order chi connectivity index (χ1) is 4.35. The van der Waals surface area contributed by atoms with E-state index in [0.717, 1.165) is 0 Å². The van der Waals surface area contributed by atoms with Gasteiger partial charge in [-0.2, -0.15) is 0 Å². The summed E-state index contributed by atoms with van der Waals surface area (Å²) in [6.45, 7) is 16.1. The van der Waals surface area contributed by atoms with E-state index in [1.54, 1.807) is 0 Å². The molecule has 0 aliphatic rings. The first-order valence-corrected chi connectivity index (χ1v) is 3.57. The molecule has 0 saturated carbocycles. The predicted octanol–water partition coefficient (Wildman–Crippen LogP) is 2.57. The molecule has 0 aliphatic heterocycles. The van der Waals surface area contributed by atoms with Gasteiger partial charge in [-0.3, -0.25) is 0 Å². The standard InChI is InChI=1S/C6H15N.C2H4.ClH/c1-4-7(5-2)6-3;1-2;/h4-6H2,1-3H3;1-2H2;1H. The van der Waals surface area contributed by atoms with Gasteiger partial charge >= 0.3 is 0 Å². The van der Waals surface area contributed by atoms with Gasteiger partial charge in [0.05, 0.1) is 0 Å². The summed E-state index contributed by atoms with van der Waals surface area (Å²) in [7, 11) is 0. The Bertz CT molecular complexity index is 39.0. The zero-order valence-electron chi connectivity index (χ0n) is 7.39. The third kappa shape index (κ3) is 10.9. The molecule has 0 unspecified atom stereocenters. The summed E-state index contributed by atoms with van der Waals surface area (Å²) < 4.78 is 0. The summed E-state index contributed by atoms with van der Waals surface area (Å²) >= 11 is 0. The molecule has 0 aliphatic carbocycles. The third-order valence-corrected chi connectivity index (χ3v) is 1.34. The zero-order chi connectivity index (χ0) is 7.70. The van der Waals surface area contributed by atoms with Crippen LogP contribution in [0.2, 0.25) is 0 Å². The van der Waals surface area contributed by atoms with Crippen LogP contribution in [0.5, 0.6) is 0 Å². The van der Waals surface area contributed by atoms with E-state index in [1.165, 1.54) is 19.6 Å². The maximum atomic E-state index is 3.00. The SMILES string of the molecule is C=C.CCN(CC)CC.Cl. The van der Waals surface area contributed by atoms with E-state index in [-0.39, 0.29) is 12.4 Å². The largest absolute Gasteiger partial charge is 0.304 e. The Balaban J connectivity index is -0.000000149. The lowest BCUT2D eigenvalue weighted by molar-refractivity contribution is 0.321. The lowest BCUT2D eigenvalue weighted by Crippen LogP contribution is -2.21. The summed E-state index contributed by atoms with van der Waals surface area (Å²) in [5.74, 6) is 0. The Morgan fingerprint density at radius 1 is 0.900 bits per heavy atom. The first-order valence-electron chi connectivity index (χ1n) is 3.57. The van der Waals surface area contributed by atoms with Crippen LogP contribution in [-0.4, -0.2) is 24.5 Å². The first kappa shape index (κ1) is 16.5. The molecule has 0 N–H and O–H groups in total. The van der Waals surface area contributed by atoms with Gasteiger partial charge in [0, 0.05) is 0 Å². The number of halogens is 1. The molecular formula is C8H20ClN. The van der Waals surface area contributed by atoms with Crippen molar-refractivity contribution in [3.05, 3.63) is 13.2 Å². The van der Waals surface area contributed by atoms with Crippen molar-refractivity contribution >= 4 is 12.4 Å². The molecule has 0 heterocycles. The van der Waals surface area contributed by atoms with Crippen LogP contribution in [0, 0.1) is 0 Å². The lowest BCUT2D eigenvalue weighted by Gasteiger charge is -2.13. The van der Waals surface area contributed by atoms with Crippen molar-refractivity contribution in [2.24, 2.45) is 0 Å². The Kier molecular flexibility index (Phi) is 26.4. The van der Waals surface area contributed by atoms with Crippen LogP contribution in [0.3, 0.4) is 0 Å². The highest BCUT2D eigenvalue weighted by Crippen LogP contribution is 1.81. The molecule has 2 heteroatoms. The van der Waals surface area contributed by atoms with Gasteiger partial charge in [-0.25, -0.2) is 0 Å². The zero-order valence-corrected chi connectivity index (χ0v) is 8.21. The van der Waals surface area contributed by atoms with Crippen molar-refractivity contribution in [3.8, 4) is 0 Å². The molecule has 0 bridgehead atoms. The molecule has 64 valence electrons. The second kappa shape index (κ2) is 16.0. The smallest absolute Gasteiger partial charge is 0.00474 e. The molecule has 0 fully saturated rings. The Hall–Kier alpha value is -0.0100. The number of hydrogen-bond donors (Lipinski definition) is 0. The van der Waals surface area contributed by atoms with Crippen molar-refractivity contribution < 1.29 is 0 Å². The monoisotopic (exact) mass is 165 g/mol. The minimum Gasteiger partial charge on any atom is -0.304 e. The van der Waals surface area contributed by atoms with E-state index >= 15 is 0 Å². The van der Waals surface area contributed by atoms with Crippen molar-refractivity contribution in [2.75, 3.05) is 19.6 Å². The van der Waals surface area contributed by atoms with Gasteiger partial charge in [-0.05, 0) is 19.6 Å². The maximum absolute atomic E-state index is 3.00. The molecule has 0 rings (SSSR count). The molecule has 0 spiro atoms. The normalized spacial score (nSPS) is 7.60. The summed E-state index contributed by atoms with van der Waals surface area (Å²) in [4.78, 5) is 2.38. The molecule has 0 saturated heterocycles. The van der Waals surface area contributed by atoms with Gasteiger partial charge in [-0.1, -0.05) is 20.8 Å². The Labute approximate surface area is 71.5 Å². The fourth-order valence-corrected chi connectivity index (χ4v) is 0.671. The molecule has 0 radical (unpaired) electrons. The molecule has 0 aromatic rings. The van der Waals surface area contributed by atoms with Crippen LogP contribution in [0.25, 0.3) is 0 Å². The van der Waals surface area contributed by atoms with Crippen LogP contribution in [-0.2, 0) is 0 Å². The average molecular weight is 166 g/mol. The lowest BCUT2D eigenvalue weighted by atomic mass is 10.5. The van der Waals surface area contributed by atoms with Gasteiger partial charge in [0.1, 0.15) is 0 Å². The highest BCUT2D eigenvalue weighted by Gasteiger charge is 1.89. The molecule has 10 heavy (non-hydrogen) atoms. The summed E-state index contributed by atoms with van der Waals surface area (Å²) in [6, 6.07) is 0. The molecule has 0 aromatic heterocycles. The fourth-order valence-electron chi connectivity index (χ4n) is 0.671. The Morgan fingerprint density at radius 3 is 1.10 bits per heavy atom. The highest BCUT2D eigenvalue weighted by molar-refractivity contribution is 5.85. The topological polar surface area (TPSA) is 3.24 Å². The van der Waals surface area contributed by atoms with Gasteiger partial charge < -0.3 is 4.90 Å². The van der Waals surface area contributed by atoms with Crippen molar-refractivity contribution in [2.45, 2.75) is 20.8 Å². The summed E-state index contributed by atoms with van der Waals surface area (Å²) in [5, 5.41) is 0. The number of nitrogens with zero attached hydrogens (tertiary/aromatic N) is 1. The Morgan fingerprint density at radius 2 is 1.10 bits per heavy atom. The second-order valence-corrected chi connectivity index (χ2v) is 1.62. The fraction of sp³-hybridized carbons (Fsp3) is 0.750. The average Bonchev–Trinajstić information content (AvgIpc) is 1.96. The van der Waals surface area contributed by atoms with Crippen molar-refractivity contribution in [3.63, 3.8) is 0 Å². The number of hydrogen-bond acceptors (Lipinski definition) is 1. The highest BCUT2D eigenvalue weighted by atomic mass is 35.5. The van der Waals surface area contributed by atoms with E-state index < -0.39 is 0 Å². The molecular weight excluding hydrogens is 146 g/mol. The maximum Gasteiger partial charge on any atom is -0.00474 e. The third-order valence-electron chi connectivity index (χ3n) is 1.34. The van der Waals surface area contributed by atoms with Crippen molar-refractivity contribution in [1.29, 1.82) is 0 Å². The second-order valence-electron chi connectivity index (χ2n) is 1.62. The minimum atomic E-state index is 0. The van der Waals surface area contributed by atoms with Crippen LogP contribution in [0.15, 0.2) is 13.2 Å². The van der Waals surface area contributed by atoms with Crippen LogP contribution in [0.4, 0.5) is 0 Å². The predicted molar refractivity (Wildman–Crippen MR) is 52.0 cm³/mol. The van der Waals surface area contributed by atoms with Gasteiger partial charge in [0.2, 0.25) is 0 Å². The molecule has 0 atom stereocenters. The summed E-state index contributed by atoms with van der Waals surface area (Å²) in [5.41, 5.74) is 0. The van der Waals surface area contributed by atoms with Crippen molar-refractivity contribution in [1.82, 2.24) is 4.90 Å². The quantitative estimate of drug-likeness (QED) is 0.582. The van der Waals surface area contributed by atoms with Gasteiger partial charge in [0.25, 0.3) is 0 Å². The van der Waals surface area contributed by atoms with Gasteiger partial charge in [0.15, 0.2) is 0 Å².